The molecule has 1 heterocycles. The van der Waals surface area contributed by atoms with Crippen molar-refractivity contribution in [3.05, 3.63) is 71.3 Å². The van der Waals surface area contributed by atoms with Crippen LogP contribution in [0.15, 0.2) is 48.5 Å². The van der Waals surface area contributed by atoms with Crippen molar-refractivity contribution in [2.45, 2.75) is 26.1 Å². The normalized spacial score (nSPS) is 16.0. The molecule has 1 unspecified atom stereocenters. The molecule has 1 aliphatic rings. The van der Waals surface area contributed by atoms with Crippen molar-refractivity contribution < 1.29 is 36.0 Å². The van der Waals surface area contributed by atoms with Gasteiger partial charge >= 0.3 is 5.66 Å². The molecule has 3 aromatic carbocycles. The summed E-state index contributed by atoms with van der Waals surface area (Å²) in [6.07, 6.45) is 0. The molecule has 4 rings (SSSR count). The van der Waals surface area contributed by atoms with Gasteiger partial charge in [-0.25, -0.2) is 13.0 Å². The Morgan fingerprint density at radius 2 is 1.36 bits per heavy atom. The van der Waals surface area contributed by atoms with Gasteiger partial charge in [0.2, 0.25) is 0 Å². The topological polar surface area (TPSA) is 27.7 Å². The van der Waals surface area contributed by atoms with E-state index in [1.165, 1.54) is 24.3 Å². The van der Waals surface area contributed by atoms with Crippen LogP contribution < -0.4 is 19.5 Å². The first-order chi connectivity index (χ1) is 15.8. The molecular weight excluding hydrogens is 462 g/mol. The maximum Gasteiger partial charge on any atom is 0.326 e. The van der Waals surface area contributed by atoms with Gasteiger partial charge < -0.3 is 14.2 Å². The van der Waals surface area contributed by atoms with Gasteiger partial charge in [-0.05, 0) is 61.4 Å². The number of hydrogen-bond donors (Lipinski definition) is 0. The van der Waals surface area contributed by atoms with Crippen LogP contribution in [0.2, 0.25) is 0 Å². The molecule has 0 amide bonds. The van der Waals surface area contributed by atoms with Crippen LogP contribution in [-0.2, 0) is 12.3 Å². The van der Waals surface area contributed by atoms with E-state index in [4.69, 9.17) is 14.2 Å². The summed E-state index contributed by atoms with van der Waals surface area (Å²) in [5.74, 6) is -1.77. The second kappa shape index (κ2) is 9.18. The number of halogens is 5. The fourth-order valence-corrected chi connectivity index (χ4v) is 5.05. The summed E-state index contributed by atoms with van der Waals surface area (Å²) in [6.45, 7) is 3.66. The SMILES string of the molecule is CCOc1ccc(OCc2ccc3c(c2F)C(F)(F)P(F)c2c-3ccc(OCC)c2F)cc1. The third-order valence-electron chi connectivity index (χ3n) is 5.17. The third-order valence-corrected chi connectivity index (χ3v) is 6.71. The van der Waals surface area contributed by atoms with Crippen LogP contribution in [-0.4, -0.2) is 13.2 Å². The number of hydrogen-bond acceptors (Lipinski definition) is 3. The Kier molecular flexibility index (Phi) is 6.48. The summed E-state index contributed by atoms with van der Waals surface area (Å²) in [5.41, 5.74) is -5.83. The highest BCUT2D eigenvalue weighted by atomic mass is 31.2. The predicted octanol–water partition coefficient (Wildman–Crippen LogP) is 7.06. The summed E-state index contributed by atoms with van der Waals surface area (Å²) < 4.78 is 91.0. The first-order valence-electron chi connectivity index (χ1n) is 10.3. The standard InChI is InChI=1S/C24H20F5O3P/c1-3-30-15-6-8-16(9-7-15)32-13-14-5-10-17-18-11-12-19(31-4-2)22(26)23(18)33(29)24(27,28)20(17)21(14)25/h5-12H,3-4,13H2,1-2H3. The number of alkyl halides is 2. The minimum atomic E-state index is -4.22. The summed E-state index contributed by atoms with van der Waals surface area (Å²) in [6, 6.07) is 11.6. The first kappa shape index (κ1) is 23.3. The van der Waals surface area contributed by atoms with Gasteiger partial charge in [-0.1, -0.05) is 12.1 Å². The van der Waals surface area contributed by atoms with Crippen LogP contribution >= 0.6 is 8.23 Å². The van der Waals surface area contributed by atoms with Crippen molar-refractivity contribution >= 4 is 13.5 Å². The van der Waals surface area contributed by atoms with Crippen LogP contribution in [0.25, 0.3) is 11.1 Å². The number of fused-ring (bicyclic) bond motifs is 3. The molecule has 0 fully saturated rings. The van der Waals surface area contributed by atoms with Gasteiger partial charge in [0.1, 0.15) is 23.9 Å². The summed E-state index contributed by atoms with van der Waals surface area (Å²) in [7, 11) is -3.86. The monoisotopic (exact) mass is 482 g/mol. The fourth-order valence-electron chi connectivity index (χ4n) is 3.67. The highest BCUT2D eigenvalue weighted by Gasteiger charge is 2.53. The van der Waals surface area contributed by atoms with Gasteiger partial charge in [-0.15, -0.1) is 0 Å². The molecular formula is C24H20F5O3P. The molecule has 0 spiro atoms. The summed E-state index contributed by atoms with van der Waals surface area (Å²) in [5, 5.41) is -0.772. The number of benzene rings is 3. The quantitative estimate of drug-likeness (QED) is 0.267. The molecule has 3 aromatic rings. The zero-order valence-electron chi connectivity index (χ0n) is 17.8. The van der Waals surface area contributed by atoms with E-state index in [1.807, 2.05) is 6.92 Å². The largest absolute Gasteiger partial charge is 0.494 e. The maximum atomic E-state index is 15.2. The molecule has 9 heteroatoms. The Labute approximate surface area is 189 Å². The minimum Gasteiger partial charge on any atom is -0.494 e. The number of rotatable bonds is 7. The van der Waals surface area contributed by atoms with Gasteiger partial charge in [-0.2, -0.15) is 8.78 Å². The molecule has 33 heavy (non-hydrogen) atoms. The molecule has 174 valence electrons. The summed E-state index contributed by atoms with van der Waals surface area (Å²) in [4.78, 5) is 0. The molecule has 0 aromatic heterocycles. The molecule has 1 aliphatic heterocycles. The van der Waals surface area contributed by atoms with E-state index in [0.717, 1.165) is 0 Å². The van der Waals surface area contributed by atoms with E-state index < -0.39 is 36.4 Å². The molecule has 3 nitrogen and oxygen atoms in total. The molecule has 1 atom stereocenters. The molecule has 0 saturated heterocycles. The lowest BCUT2D eigenvalue weighted by Crippen LogP contribution is -2.28. The van der Waals surface area contributed by atoms with Crippen molar-refractivity contribution in [3.8, 4) is 28.4 Å². The number of ether oxygens (including phenoxy) is 3. The van der Waals surface area contributed by atoms with Crippen molar-refractivity contribution in [1.82, 2.24) is 0 Å². The van der Waals surface area contributed by atoms with E-state index in [0.29, 0.717) is 18.1 Å². The average molecular weight is 482 g/mol. The van der Waals surface area contributed by atoms with Crippen molar-refractivity contribution in [2.24, 2.45) is 0 Å². The van der Waals surface area contributed by atoms with E-state index in [2.05, 4.69) is 0 Å². The van der Waals surface area contributed by atoms with Crippen LogP contribution in [0.3, 0.4) is 0 Å². The van der Waals surface area contributed by atoms with E-state index in [9.17, 15) is 8.59 Å². The van der Waals surface area contributed by atoms with Gasteiger partial charge in [-0.3, -0.25) is 0 Å². The van der Waals surface area contributed by atoms with Crippen LogP contribution in [0.4, 0.5) is 21.8 Å². The van der Waals surface area contributed by atoms with Crippen molar-refractivity contribution in [3.63, 3.8) is 0 Å². The Morgan fingerprint density at radius 1 is 0.758 bits per heavy atom. The maximum absolute atomic E-state index is 15.2. The van der Waals surface area contributed by atoms with Crippen molar-refractivity contribution in [1.29, 1.82) is 0 Å². The third kappa shape index (κ3) is 4.12. The molecule has 0 aliphatic carbocycles. The first-order valence-corrected chi connectivity index (χ1v) is 11.5. The highest BCUT2D eigenvalue weighted by Crippen LogP contribution is 2.65. The van der Waals surface area contributed by atoms with Crippen LogP contribution in [0.1, 0.15) is 25.0 Å². The zero-order valence-corrected chi connectivity index (χ0v) is 18.7. The highest BCUT2D eigenvalue weighted by molar-refractivity contribution is 7.61. The second-order valence-corrected chi connectivity index (χ2v) is 8.75. The lowest BCUT2D eigenvalue weighted by atomic mass is 9.95. The molecule has 0 radical (unpaired) electrons. The molecule has 0 bridgehead atoms. The van der Waals surface area contributed by atoms with Gasteiger partial charge in [0.25, 0.3) is 0 Å². The van der Waals surface area contributed by atoms with E-state index in [-0.39, 0.29) is 35.7 Å². The van der Waals surface area contributed by atoms with Crippen LogP contribution in [0.5, 0.6) is 17.2 Å². The van der Waals surface area contributed by atoms with Crippen molar-refractivity contribution in [2.75, 3.05) is 13.2 Å². The minimum absolute atomic E-state index is 0.0826. The molecule has 0 N–H and O–H groups in total. The Morgan fingerprint density at radius 3 is 2.00 bits per heavy atom. The fraction of sp³-hybridized carbons (Fsp3) is 0.250. The predicted molar refractivity (Wildman–Crippen MR) is 116 cm³/mol. The molecule has 0 saturated carbocycles. The second-order valence-electron chi connectivity index (χ2n) is 7.18. The lowest BCUT2D eigenvalue weighted by Gasteiger charge is -2.31. The Hall–Kier alpha value is -2.86. The van der Waals surface area contributed by atoms with E-state index in [1.54, 1.807) is 31.2 Å². The Balaban J connectivity index is 1.70. The summed E-state index contributed by atoms with van der Waals surface area (Å²) >= 11 is 0. The smallest absolute Gasteiger partial charge is 0.326 e. The zero-order chi connectivity index (χ0) is 23.8. The van der Waals surface area contributed by atoms with Crippen LogP contribution in [0, 0.1) is 11.6 Å². The average Bonchev–Trinajstić information content (AvgIpc) is 2.79. The lowest BCUT2D eigenvalue weighted by molar-refractivity contribution is 0.0879. The van der Waals surface area contributed by atoms with Gasteiger partial charge in [0, 0.05) is 5.56 Å². The van der Waals surface area contributed by atoms with Gasteiger partial charge in [0.05, 0.1) is 24.1 Å². The Bertz CT molecular complexity index is 1170. The van der Waals surface area contributed by atoms with Gasteiger partial charge in [0.15, 0.2) is 19.8 Å². The van der Waals surface area contributed by atoms with E-state index >= 15 is 13.2 Å².